The summed E-state index contributed by atoms with van der Waals surface area (Å²) in [5.41, 5.74) is 12.6. The molecule has 1 heterocycles. The van der Waals surface area contributed by atoms with Crippen molar-refractivity contribution in [3.8, 4) is 0 Å². The summed E-state index contributed by atoms with van der Waals surface area (Å²) in [6.07, 6.45) is 2.58. The van der Waals surface area contributed by atoms with Crippen LogP contribution in [0.3, 0.4) is 0 Å². The van der Waals surface area contributed by atoms with Crippen LogP contribution in [0.25, 0.3) is 0 Å². The third-order valence-electron chi connectivity index (χ3n) is 2.02. The summed E-state index contributed by atoms with van der Waals surface area (Å²) >= 11 is 0. The van der Waals surface area contributed by atoms with Crippen LogP contribution in [0.2, 0.25) is 0 Å². The lowest BCUT2D eigenvalue weighted by atomic mass is 10.2. The van der Waals surface area contributed by atoms with Crippen LogP contribution in [0, 0.1) is 0 Å². The number of hydrogen-bond acceptors (Lipinski definition) is 6. The van der Waals surface area contributed by atoms with Gasteiger partial charge in [-0.05, 0) is 12.1 Å². The predicted octanol–water partition coefficient (Wildman–Crippen LogP) is 0.727. The molecule has 0 atom stereocenters. The molecule has 0 fully saturated rings. The van der Waals surface area contributed by atoms with Gasteiger partial charge >= 0.3 is 0 Å². The lowest BCUT2D eigenvalue weighted by molar-refractivity contribution is 0.267. The highest BCUT2D eigenvalue weighted by atomic mass is 16.5. The molecule has 0 amide bonds. The summed E-state index contributed by atoms with van der Waals surface area (Å²) in [5, 5.41) is 20.5. The maximum atomic E-state index is 9.41. The molecule has 0 bridgehead atoms. The first kappa shape index (κ1) is 8.67. The summed E-state index contributed by atoms with van der Waals surface area (Å²) in [6, 6.07) is 2.97. The second kappa shape index (κ2) is 2.79. The molecular formula is C8H10N4O2. The van der Waals surface area contributed by atoms with Crippen LogP contribution in [-0.2, 0) is 0 Å². The number of hydrogen-bond donors (Lipinski definition) is 4. The molecule has 74 valence electrons. The van der Waals surface area contributed by atoms with Crippen molar-refractivity contribution in [2.75, 3.05) is 21.6 Å². The third kappa shape index (κ3) is 1.13. The first-order valence-corrected chi connectivity index (χ1v) is 3.93. The molecule has 0 unspecified atom stereocenters. The first-order valence-electron chi connectivity index (χ1n) is 3.93. The summed E-state index contributed by atoms with van der Waals surface area (Å²) in [4.78, 5) is 0. The van der Waals surface area contributed by atoms with Crippen molar-refractivity contribution in [2.45, 2.75) is 0 Å². The number of benzene rings is 1. The molecule has 6 N–H and O–H groups in total. The van der Waals surface area contributed by atoms with E-state index in [1.165, 1.54) is 24.5 Å². The van der Waals surface area contributed by atoms with Gasteiger partial charge in [-0.3, -0.25) is 10.4 Å². The fraction of sp³-hybridized carbons (Fsp3) is 0. The molecular weight excluding hydrogens is 184 g/mol. The van der Waals surface area contributed by atoms with E-state index in [9.17, 15) is 10.4 Å². The van der Waals surface area contributed by atoms with E-state index >= 15 is 0 Å². The number of hydroxylamine groups is 2. The monoisotopic (exact) mass is 194 g/mol. The molecule has 1 aromatic rings. The Hall–Kier alpha value is -1.92. The summed E-state index contributed by atoms with van der Waals surface area (Å²) in [6.45, 7) is 0. The Kier molecular flexibility index (Phi) is 1.73. The maximum Gasteiger partial charge on any atom is 0.0969 e. The lowest BCUT2D eigenvalue weighted by Gasteiger charge is -2.26. The Morgan fingerprint density at radius 1 is 0.857 bits per heavy atom. The van der Waals surface area contributed by atoms with E-state index in [1.54, 1.807) is 0 Å². The van der Waals surface area contributed by atoms with Crippen molar-refractivity contribution in [2.24, 2.45) is 0 Å². The summed E-state index contributed by atoms with van der Waals surface area (Å²) in [7, 11) is 0. The molecule has 1 aliphatic heterocycles. The smallest absolute Gasteiger partial charge is 0.0969 e. The Morgan fingerprint density at radius 3 is 1.57 bits per heavy atom. The molecule has 6 heteroatoms. The van der Waals surface area contributed by atoms with Gasteiger partial charge in [-0.2, -0.15) is 0 Å². The van der Waals surface area contributed by atoms with E-state index in [0.29, 0.717) is 22.7 Å². The van der Waals surface area contributed by atoms with Gasteiger partial charge in [0.1, 0.15) is 0 Å². The molecule has 0 radical (unpaired) electrons. The summed E-state index contributed by atoms with van der Waals surface area (Å²) in [5.74, 6) is 0. The normalized spacial score (nSPS) is 14.4. The van der Waals surface area contributed by atoms with Crippen LogP contribution in [-0.4, -0.2) is 10.4 Å². The molecule has 6 nitrogen and oxygen atoms in total. The van der Waals surface area contributed by atoms with E-state index in [1.807, 2.05) is 0 Å². The molecule has 0 aromatic heterocycles. The van der Waals surface area contributed by atoms with E-state index in [2.05, 4.69) is 0 Å². The number of nitrogens with zero attached hydrogens (tertiary/aromatic N) is 2. The van der Waals surface area contributed by atoms with Crippen LogP contribution in [0.15, 0.2) is 24.5 Å². The second-order valence-electron chi connectivity index (χ2n) is 2.96. The minimum atomic E-state index is 0.353. The van der Waals surface area contributed by atoms with Crippen molar-refractivity contribution in [1.29, 1.82) is 0 Å². The van der Waals surface area contributed by atoms with Gasteiger partial charge < -0.3 is 11.5 Å². The number of fused-ring (bicyclic) bond motifs is 1. The molecule has 1 aromatic carbocycles. The number of anilines is 4. The zero-order valence-electron chi connectivity index (χ0n) is 7.25. The molecule has 0 saturated heterocycles. The fourth-order valence-electron chi connectivity index (χ4n) is 1.26. The van der Waals surface area contributed by atoms with Crippen molar-refractivity contribution in [3.63, 3.8) is 0 Å². The molecule has 2 rings (SSSR count). The van der Waals surface area contributed by atoms with Crippen molar-refractivity contribution in [3.05, 3.63) is 24.5 Å². The van der Waals surface area contributed by atoms with Gasteiger partial charge in [0.05, 0.1) is 35.1 Å². The minimum Gasteiger partial charge on any atom is -0.397 e. The third-order valence-corrected chi connectivity index (χ3v) is 2.02. The van der Waals surface area contributed by atoms with Gasteiger partial charge in [0.2, 0.25) is 0 Å². The highest BCUT2D eigenvalue weighted by Crippen LogP contribution is 2.36. The molecule has 1 aliphatic rings. The minimum absolute atomic E-state index is 0.353. The van der Waals surface area contributed by atoms with Crippen LogP contribution in [0.4, 0.5) is 22.7 Å². The van der Waals surface area contributed by atoms with E-state index in [-0.39, 0.29) is 0 Å². The second-order valence-corrected chi connectivity index (χ2v) is 2.96. The number of nitrogens with two attached hydrogens (primary N) is 2. The van der Waals surface area contributed by atoms with Crippen LogP contribution in [0.1, 0.15) is 0 Å². The average molecular weight is 194 g/mol. The van der Waals surface area contributed by atoms with Gasteiger partial charge in [0.15, 0.2) is 0 Å². The zero-order chi connectivity index (χ0) is 10.3. The van der Waals surface area contributed by atoms with Crippen molar-refractivity contribution in [1.82, 2.24) is 0 Å². The Labute approximate surface area is 80.2 Å². The van der Waals surface area contributed by atoms with Crippen LogP contribution in [0.5, 0.6) is 0 Å². The predicted molar refractivity (Wildman–Crippen MR) is 52.9 cm³/mol. The van der Waals surface area contributed by atoms with Gasteiger partial charge in [0, 0.05) is 0 Å². The molecule has 0 spiro atoms. The topological polar surface area (TPSA) is 99.0 Å². The molecule has 0 saturated carbocycles. The quantitative estimate of drug-likeness (QED) is 0.454. The summed E-state index contributed by atoms with van der Waals surface area (Å²) < 4.78 is 0. The van der Waals surface area contributed by atoms with Gasteiger partial charge in [-0.15, -0.1) is 0 Å². The van der Waals surface area contributed by atoms with Gasteiger partial charge in [-0.25, -0.2) is 10.1 Å². The van der Waals surface area contributed by atoms with Gasteiger partial charge in [-0.1, -0.05) is 0 Å². The number of nitrogen functional groups attached to an aromatic ring is 2. The van der Waals surface area contributed by atoms with E-state index in [4.69, 9.17) is 11.5 Å². The largest absolute Gasteiger partial charge is 0.397 e. The maximum absolute atomic E-state index is 9.41. The average Bonchev–Trinajstić information content (AvgIpc) is 2.15. The van der Waals surface area contributed by atoms with Crippen LogP contribution >= 0.6 is 0 Å². The Bertz CT molecular complexity index is 368. The standard InChI is InChI=1S/C8H10N4O2/c9-5-3-7-8(4-6(5)10)12(14)2-1-11(7)13/h1-4,13-14H,9-10H2. The highest BCUT2D eigenvalue weighted by Gasteiger charge is 2.17. The highest BCUT2D eigenvalue weighted by molar-refractivity contribution is 5.83. The fourth-order valence-corrected chi connectivity index (χ4v) is 1.26. The van der Waals surface area contributed by atoms with Gasteiger partial charge in [0.25, 0.3) is 0 Å². The lowest BCUT2D eigenvalue weighted by Crippen LogP contribution is -2.23. The molecule has 0 aliphatic carbocycles. The molecule has 14 heavy (non-hydrogen) atoms. The number of rotatable bonds is 0. The van der Waals surface area contributed by atoms with Crippen LogP contribution < -0.4 is 21.6 Å². The van der Waals surface area contributed by atoms with E-state index in [0.717, 1.165) is 10.1 Å². The SMILES string of the molecule is Nc1cc2c(cc1N)N(O)C=CN2O. The van der Waals surface area contributed by atoms with E-state index < -0.39 is 0 Å². The first-order chi connectivity index (χ1) is 6.59. The van der Waals surface area contributed by atoms with Crippen molar-refractivity contribution >= 4 is 22.7 Å². The Morgan fingerprint density at radius 2 is 1.21 bits per heavy atom. The zero-order valence-corrected chi connectivity index (χ0v) is 7.25. The van der Waals surface area contributed by atoms with Crippen molar-refractivity contribution < 1.29 is 10.4 Å². The Balaban J connectivity index is 2.61.